The molecule has 0 bridgehead atoms. The molecule has 2 rings (SSSR count). The first-order valence-corrected chi connectivity index (χ1v) is 6.91. The number of aliphatic hydroxyl groups is 1. The SMILES string of the molecule is Cc1ccc(NC(=O)N(C)CC2CC(O)C2)cc1C(=O)O. The summed E-state index contributed by atoms with van der Waals surface area (Å²) in [5.41, 5.74) is 1.29. The van der Waals surface area contributed by atoms with Crippen LogP contribution in [0, 0.1) is 12.8 Å². The van der Waals surface area contributed by atoms with Crippen molar-refractivity contribution < 1.29 is 19.8 Å². The van der Waals surface area contributed by atoms with E-state index >= 15 is 0 Å². The fourth-order valence-electron chi connectivity index (χ4n) is 2.47. The van der Waals surface area contributed by atoms with E-state index in [2.05, 4.69) is 5.32 Å². The number of nitrogens with zero attached hydrogens (tertiary/aromatic N) is 1. The highest BCUT2D eigenvalue weighted by Gasteiger charge is 2.29. The number of rotatable bonds is 4. The molecule has 2 amide bonds. The number of carboxylic acid groups (broad SMARTS) is 1. The summed E-state index contributed by atoms with van der Waals surface area (Å²) in [5, 5.41) is 21.0. The van der Waals surface area contributed by atoms with Crippen LogP contribution in [0.5, 0.6) is 0 Å². The van der Waals surface area contributed by atoms with E-state index in [-0.39, 0.29) is 17.7 Å². The number of urea groups is 1. The molecule has 114 valence electrons. The topological polar surface area (TPSA) is 89.9 Å². The molecule has 0 aliphatic heterocycles. The van der Waals surface area contributed by atoms with Gasteiger partial charge in [-0.15, -0.1) is 0 Å². The summed E-state index contributed by atoms with van der Waals surface area (Å²) in [6.45, 7) is 2.30. The average Bonchev–Trinajstić information content (AvgIpc) is 2.38. The van der Waals surface area contributed by atoms with Gasteiger partial charge in [0.25, 0.3) is 0 Å². The van der Waals surface area contributed by atoms with Crippen molar-refractivity contribution >= 4 is 17.7 Å². The molecule has 1 aliphatic carbocycles. The van der Waals surface area contributed by atoms with Crippen LogP contribution in [-0.4, -0.2) is 46.8 Å². The van der Waals surface area contributed by atoms with Gasteiger partial charge in [-0.05, 0) is 43.4 Å². The molecular formula is C15H20N2O4. The van der Waals surface area contributed by atoms with Crippen LogP contribution in [0.3, 0.4) is 0 Å². The molecule has 0 radical (unpaired) electrons. The second-order valence-electron chi connectivity index (χ2n) is 5.64. The van der Waals surface area contributed by atoms with Gasteiger partial charge in [0.2, 0.25) is 0 Å². The highest BCUT2D eigenvalue weighted by atomic mass is 16.4. The number of aliphatic hydroxyl groups excluding tert-OH is 1. The fraction of sp³-hybridized carbons (Fsp3) is 0.467. The Morgan fingerprint density at radius 3 is 2.62 bits per heavy atom. The molecule has 6 nitrogen and oxygen atoms in total. The number of carbonyl (C=O) groups excluding carboxylic acids is 1. The average molecular weight is 292 g/mol. The third-order valence-corrected chi connectivity index (χ3v) is 3.81. The number of aromatic carboxylic acids is 1. The van der Waals surface area contributed by atoms with Crippen molar-refractivity contribution in [3.63, 3.8) is 0 Å². The predicted octanol–water partition coefficient (Wildman–Crippen LogP) is 1.93. The maximum absolute atomic E-state index is 12.0. The molecule has 1 saturated carbocycles. The van der Waals surface area contributed by atoms with Crippen LogP contribution in [0.1, 0.15) is 28.8 Å². The number of aryl methyl sites for hydroxylation is 1. The normalized spacial score (nSPS) is 20.5. The lowest BCUT2D eigenvalue weighted by atomic mass is 9.82. The number of amides is 2. The molecule has 0 unspecified atom stereocenters. The van der Waals surface area contributed by atoms with Crippen LogP contribution in [-0.2, 0) is 0 Å². The maximum Gasteiger partial charge on any atom is 0.336 e. The van der Waals surface area contributed by atoms with Crippen LogP contribution in [0.2, 0.25) is 0 Å². The second-order valence-corrected chi connectivity index (χ2v) is 5.64. The van der Waals surface area contributed by atoms with Gasteiger partial charge in [-0.1, -0.05) is 6.07 Å². The highest BCUT2D eigenvalue weighted by molar-refractivity contribution is 5.94. The van der Waals surface area contributed by atoms with Gasteiger partial charge in [0.1, 0.15) is 0 Å². The Morgan fingerprint density at radius 1 is 1.38 bits per heavy atom. The second kappa shape index (κ2) is 6.13. The zero-order valence-electron chi connectivity index (χ0n) is 12.2. The predicted molar refractivity (Wildman–Crippen MR) is 78.5 cm³/mol. The molecule has 0 aromatic heterocycles. The Kier molecular flexibility index (Phi) is 4.47. The van der Waals surface area contributed by atoms with Crippen molar-refractivity contribution in [2.24, 2.45) is 5.92 Å². The smallest absolute Gasteiger partial charge is 0.336 e. The molecule has 3 N–H and O–H groups in total. The zero-order chi connectivity index (χ0) is 15.6. The van der Waals surface area contributed by atoms with E-state index in [9.17, 15) is 14.7 Å². The summed E-state index contributed by atoms with van der Waals surface area (Å²) in [6, 6.07) is 4.52. The minimum atomic E-state index is -1.01. The highest BCUT2D eigenvalue weighted by Crippen LogP contribution is 2.27. The molecule has 0 spiro atoms. The van der Waals surface area contributed by atoms with E-state index in [4.69, 9.17) is 5.11 Å². The molecule has 0 heterocycles. The fourth-order valence-corrected chi connectivity index (χ4v) is 2.47. The number of hydrogen-bond donors (Lipinski definition) is 3. The molecule has 21 heavy (non-hydrogen) atoms. The van der Waals surface area contributed by atoms with Crippen LogP contribution >= 0.6 is 0 Å². The number of nitrogens with one attached hydrogen (secondary N) is 1. The summed E-state index contributed by atoms with van der Waals surface area (Å²) in [5.74, 6) is -0.677. The molecule has 1 aromatic rings. The Morgan fingerprint density at radius 2 is 2.05 bits per heavy atom. The molecule has 1 aliphatic rings. The molecule has 1 fully saturated rings. The summed E-state index contributed by atoms with van der Waals surface area (Å²) in [6.07, 6.45) is 1.22. The van der Waals surface area contributed by atoms with E-state index in [1.807, 2.05) is 0 Å². The number of carboxylic acids is 1. The van der Waals surface area contributed by atoms with Crippen molar-refractivity contribution in [3.8, 4) is 0 Å². The van der Waals surface area contributed by atoms with Gasteiger partial charge in [0.05, 0.1) is 11.7 Å². The van der Waals surface area contributed by atoms with Crippen molar-refractivity contribution in [1.82, 2.24) is 4.90 Å². The summed E-state index contributed by atoms with van der Waals surface area (Å²) < 4.78 is 0. The summed E-state index contributed by atoms with van der Waals surface area (Å²) in [4.78, 5) is 24.7. The molecule has 0 atom stereocenters. The van der Waals surface area contributed by atoms with Crippen molar-refractivity contribution in [3.05, 3.63) is 29.3 Å². The van der Waals surface area contributed by atoms with Crippen LogP contribution in [0.4, 0.5) is 10.5 Å². The van der Waals surface area contributed by atoms with E-state index in [0.717, 1.165) is 12.8 Å². The Bertz CT molecular complexity index is 553. The first-order valence-electron chi connectivity index (χ1n) is 6.91. The maximum atomic E-state index is 12.0. The van der Waals surface area contributed by atoms with E-state index in [0.29, 0.717) is 23.7 Å². The standard InChI is InChI=1S/C15H20N2O4/c1-9-3-4-11(7-13(9)14(19)20)16-15(21)17(2)8-10-5-12(18)6-10/h3-4,7,10,12,18H,5-6,8H2,1-2H3,(H,16,21)(H,19,20). The molecule has 0 saturated heterocycles. The van der Waals surface area contributed by atoms with Gasteiger partial charge in [-0.25, -0.2) is 9.59 Å². The van der Waals surface area contributed by atoms with Gasteiger partial charge in [0, 0.05) is 19.3 Å². The Hall–Kier alpha value is -2.08. The lowest BCUT2D eigenvalue weighted by Gasteiger charge is -2.34. The van der Waals surface area contributed by atoms with E-state index in [1.165, 1.54) is 6.07 Å². The van der Waals surface area contributed by atoms with Gasteiger partial charge >= 0.3 is 12.0 Å². The third-order valence-electron chi connectivity index (χ3n) is 3.81. The van der Waals surface area contributed by atoms with E-state index < -0.39 is 5.97 Å². The monoisotopic (exact) mass is 292 g/mol. The minimum absolute atomic E-state index is 0.178. The number of anilines is 1. The van der Waals surface area contributed by atoms with E-state index in [1.54, 1.807) is 31.0 Å². The zero-order valence-corrected chi connectivity index (χ0v) is 12.2. The minimum Gasteiger partial charge on any atom is -0.478 e. The summed E-state index contributed by atoms with van der Waals surface area (Å²) in [7, 11) is 1.69. The number of carbonyl (C=O) groups is 2. The van der Waals surface area contributed by atoms with Crippen LogP contribution in [0.25, 0.3) is 0 Å². The summed E-state index contributed by atoms with van der Waals surface area (Å²) >= 11 is 0. The van der Waals surface area contributed by atoms with Crippen LogP contribution in [0.15, 0.2) is 18.2 Å². The first-order chi connectivity index (χ1) is 9.86. The van der Waals surface area contributed by atoms with Gasteiger partial charge in [-0.2, -0.15) is 0 Å². The Balaban J connectivity index is 1.95. The Labute approximate surface area is 123 Å². The lowest BCUT2D eigenvalue weighted by Crippen LogP contribution is -2.41. The van der Waals surface area contributed by atoms with Gasteiger partial charge in [-0.3, -0.25) is 0 Å². The molecular weight excluding hydrogens is 272 g/mol. The third kappa shape index (κ3) is 3.72. The first kappa shape index (κ1) is 15.3. The largest absolute Gasteiger partial charge is 0.478 e. The lowest BCUT2D eigenvalue weighted by molar-refractivity contribution is 0.0332. The van der Waals surface area contributed by atoms with Crippen molar-refractivity contribution in [2.75, 3.05) is 18.9 Å². The quantitative estimate of drug-likeness (QED) is 0.791. The van der Waals surface area contributed by atoms with Crippen LogP contribution < -0.4 is 5.32 Å². The number of benzene rings is 1. The van der Waals surface area contributed by atoms with Crippen molar-refractivity contribution in [2.45, 2.75) is 25.9 Å². The van der Waals surface area contributed by atoms with Gasteiger partial charge in [0.15, 0.2) is 0 Å². The molecule has 1 aromatic carbocycles. The van der Waals surface area contributed by atoms with Crippen molar-refractivity contribution in [1.29, 1.82) is 0 Å². The van der Waals surface area contributed by atoms with Gasteiger partial charge < -0.3 is 20.4 Å². The number of hydrogen-bond acceptors (Lipinski definition) is 3. The molecule has 6 heteroatoms.